The van der Waals surface area contributed by atoms with E-state index in [4.69, 9.17) is 9.72 Å². The number of ether oxygens (including phenoxy) is 1. The van der Waals surface area contributed by atoms with E-state index >= 15 is 0 Å². The summed E-state index contributed by atoms with van der Waals surface area (Å²) in [6.45, 7) is 0. The van der Waals surface area contributed by atoms with Crippen LogP contribution in [0.1, 0.15) is 22.3 Å². The summed E-state index contributed by atoms with van der Waals surface area (Å²) in [6, 6.07) is 66.2. The Morgan fingerprint density at radius 3 is 1.96 bits per heavy atom. The van der Waals surface area contributed by atoms with Gasteiger partial charge in [0.05, 0.1) is 38.7 Å². The number of rotatable bonds is 2. The van der Waals surface area contributed by atoms with Crippen LogP contribution >= 0.6 is 0 Å². The van der Waals surface area contributed by atoms with Gasteiger partial charge in [-0.25, -0.2) is 0 Å². The van der Waals surface area contributed by atoms with E-state index in [9.17, 15) is 0 Å². The number of hydrogen-bond acceptors (Lipinski definition) is 2. The monoisotopic (exact) mass is 713 g/mol. The van der Waals surface area contributed by atoms with Crippen LogP contribution in [-0.4, -0.2) is 14.1 Å². The van der Waals surface area contributed by atoms with Crippen molar-refractivity contribution in [1.29, 1.82) is 0 Å². The molecule has 0 radical (unpaired) electrons. The first-order chi connectivity index (χ1) is 27.8. The van der Waals surface area contributed by atoms with E-state index in [1.165, 1.54) is 44.0 Å². The average Bonchev–Trinajstić information content (AvgIpc) is 3.79. The zero-order valence-electron chi connectivity index (χ0n) is 30.1. The minimum absolute atomic E-state index is 0.647. The van der Waals surface area contributed by atoms with Crippen molar-refractivity contribution in [3.63, 3.8) is 0 Å². The highest BCUT2D eigenvalue weighted by atomic mass is 16.5. The molecule has 2 aliphatic heterocycles. The van der Waals surface area contributed by atoms with Gasteiger partial charge in [0.15, 0.2) is 5.75 Å². The third kappa shape index (κ3) is 3.66. The summed E-state index contributed by atoms with van der Waals surface area (Å²) in [5, 5.41) is 6.00. The molecule has 8 aromatic carbocycles. The fraction of sp³-hybridized carbons (Fsp3) is 0.0192. The van der Waals surface area contributed by atoms with E-state index in [1.54, 1.807) is 0 Å². The molecule has 260 valence electrons. The van der Waals surface area contributed by atoms with Crippen LogP contribution in [-0.2, 0) is 5.41 Å². The number of fused-ring (bicyclic) bond motifs is 16. The number of benzene rings is 8. The molecule has 1 unspecified atom stereocenters. The van der Waals surface area contributed by atoms with Crippen molar-refractivity contribution in [2.24, 2.45) is 0 Å². The van der Waals surface area contributed by atoms with E-state index in [0.717, 1.165) is 66.8 Å². The molecule has 1 spiro atoms. The minimum Gasteiger partial charge on any atom is -0.454 e. The Bertz CT molecular complexity index is 3460. The molecule has 0 bridgehead atoms. The Labute approximate surface area is 322 Å². The zero-order valence-corrected chi connectivity index (χ0v) is 30.1. The van der Waals surface area contributed by atoms with E-state index in [0.29, 0.717) is 0 Å². The molecule has 0 N–H and O–H groups in total. The van der Waals surface area contributed by atoms with Gasteiger partial charge in [-0.15, -0.1) is 0 Å². The van der Waals surface area contributed by atoms with Crippen LogP contribution in [0.2, 0.25) is 0 Å². The molecule has 0 fully saturated rings. The molecule has 11 aromatic rings. The minimum atomic E-state index is -0.647. The highest BCUT2D eigenvalue weighted by molar-refractivity contribution is 6.14. The molecule has 56 heavy (non-hydrogen) atoms. The zero-order chi connectivity index (χ0) is 36.5. The van der Waals surface area contributed by atoms with Crippen LogP contribution in [0.15, 0.2) is 188 Å². The van der Waals surface area contributed by atoms with Gasteiger partial charge < -0.3 is 13.9 Å². The van der Waals surface area contributed by atoms with Gasteiger partial charge in [0.1, 0.15) is 5.75 Å². The lowest BCUT2D eigenvalue weighted by Gasteiger charge is -2.45. The quantitative estimate of drug-likeness (QED) is 0.179. The second-order valence-electron chi connectivity index (χ2n) is 15.0. The van der Waals surface area contributed by atoms with Gasteiger partial charge in [0, 0.05) is 55.5 Å². The van der Waals surface area contributed by atoms with Crippen molar-refractivity contribution in [3.8, 4) is 34.0 Å². The van der Waals surface area contributed by atoms with Crippen molar-refractivity contribution in [3.05, 3.63) is 210 Å². The summed E-state index contributed by atoms with van der Waals surface area (Å²) in [4.78, 5) is 4.75. The maximum absolute atomic E-state index is 7.27. The van der Waals surface area contributed by atoms with Crippen LogP contribution in [0.3, 0.4) is 0 Å². The Hall–Kier alpha value is -7.43. The maximum atomic E-state index is 7.27. The Balaban J connectivity index is 1.14. The molecule has 1 atom stereocenters. The van der Waals surface area contributed by atoms with Crippen molar-refractivity contribution in [1.82, 2.24) is 14.1 Å². The van der Waals surface area contributed by atoms with Crippen LogP contribution in [0.4, 0.5) is 0 Å². The van der Waals surface area contributed by atoms with E-state index < -0.39 is 5.41 Å². The largest absolute Gasteiger partial charge is 0.454 e. The van der Waals surface area contributed by atoms with Crippen LogP contribution in [0.5, 0.6) is 11.5 Å². The number of pyridine rings is 1. The van der Waals surface area contributed by atoms with Crippen molar-refractivity contribution >= 4 is 54.5 Å². The summed E-state index contributed by atoms with van der Waals surface area (Å²) in [5.41, 5.74) is 14.3. The molecule has 0 amide bonds. The topological polar surface area (TPSA) is 32.0 Å². The van der Waals surface area contributed by atoms with Crippen LogP contribution in [0.25, 0.3) is 77.0 Å². The number of para-hydroxylation sites is 6. The lowest BCUT2D eigenvalue weighted by Crippen LogP contribution is -2.37. The fourth-order valence-electron chi connectivity index (χ4n) is 10.2. The van der Waals surface area contributed by atoms with Crippen molar-refractivity contribution in [2.45, 2.75) is 5.41 Å². The van der Waals surface area contributed by atoms with Gasteiger partial charge in [-0.1, -0.05) is 140 Å². The van der Waals surface area contributed by atoms with E-state index in [1.807, 2.05) is 12.3 Å². The summed E-state index contributed by atoms with van der Waals surface area (Å²) >= 11 is 0. The first kappa shape index (κ1) is 30.0. The molecule has 5 heterocycles. The molecular weight excluding hydrogens is 683 g/mol. The highest BCUT2D eigenvalue weighted by Gasteiger charge is 2.51. The van der Waals surface area contributed by atoms with Gasteiger partial charge in [-0.05, 0) is 59.2 Å². The average molecular weight is 714 g/mol. The van der Waals surface area contributed by atoms with Gasteiger partial charge in [0.2, 0.25) is 0 Å². The predicted molar refractivity (Wildman–Crippen MR) is 228 cm³/mol. The number of nitrogens with zero attached hydrogens (tertiary/aromatic N) is 3. The standard InChI is InChI=1S/C52H31N3O/c1-5-21-44-37(15-1)39-29-30-43-51(50(39)54(44)34-27-25-32(26-28-34)35-16-9-12-33-13-11-31-53-48(33)35)56-47-24-8-4-19-41(47)52(43)40-18-3-7-23-46(40)55-45-22-6-2-14-36(45)38-17-10-20-42(52)49(38)55/h1-31H. The molecule has 0 saturated heterocycles. The van der Waals surface area contributed by atoms with Gasteiger partial charge in [0.25, 0.3) is 0 Å². The third-order valence-electron chi connectivity index (χ3n) is 12.4. The Morgan fingerprint density at radius 2 is 1.11 bits per heavy atom. The summed E-state index contributed by atoms with van der Waals surface area (Å²) in [6.07, 6.45) is 1.87. The Morgan fingerprint density at radius 1 is 0.446 bits per heavy atom. The van der Waals surface area contributed by atoms with Crippen molar-refractivity contribution in [2.75, 3.05) is 0 Å². The third-order valence-corrected chi connectivity index (χ3v) is 12.4. The fourth-order valence-corrected chi connectivity index (χ4v) is 10.2. The molecule has 2 aliphatic rings. The van der Waals surface area contributed by atoms with Gasteiger partial charge in [-0.2, -0.15) is 0 Å². The van der Waals surface area contributed by atoms with Gasteiger partial charge in [-0.3, -0.25) is 4.98 Å². The summed E-state index contributed by atoms with van der Waals surface area (Å²) in [5.74, 6) is 1.76. The molecular formula is C52H31N3O. The SMILES string of the molecule is c1ccc2c(c1)Oc1c(ccc3c4ccccc4n(-c4ccc(-c5cccc6cccnc56)cc4)c13)C21c2ccccc2-n2c3ccccc3c3cccc1c32. The number of hydrogen-bond donors (Lipinski definition) is 0. The molecule has 13 rings (SSSR count). The first-order valence-corrected chi connectivity index (χ1v) is 19.2. The molecule has 0 aliphatic carbocycles. The maximum Gasteiger partial charge on any atom is 0.156 e. The summed E-state index contributed by atoms with van der Waals surface area (Å²) < 4.78 is 12.2. The predicted octanol–water partition coefficient (Wildman–Crippen LogP) is 12.9. The highest BCUT2D eigenvalue weighted by Crippen LogP contribution is 2.61. The van der Waals surface area contributed by atoms with Crippen molar-refractivity contribution < 1.29 is 4.74 Å². The first-order valence-electron chi connectivity index (χ1n) is 19.2. The second-order valence-corrected chi connectivity index (χ2v) is 15.0. The molecule has 3 aromatic heterocycles. The van der Waals surface area contributed by atoms with E-state index in [2.05, 4.69) is 185 Å². The smallest absolute Gasteiger partial charge is 0.156 e. The molecule has 4 heteroatoms. The Kier molecular flexibility index (Phi) is 5.80. The number of aromatic nitrogens is 3. The molecule has 4 nitrogen and oxygen atoms in total. The lowest BCUT2D eigenvalue weighted by atomic mass is 9.61. The van der Waals surface area contributed by atoms with E-state index in [-0.39, 0.29) is 0 Å². The van der Waals surface area contributed by atoms with Crippen LogP contribution in [0, 0.1) is 0 Å². The normalized spacial score (nSPS) is 15.4. The van der Waals surface area contributed by atoms with Crippen LogP contribution < -0.4 is 4.74 Å². The molecule has 0 saturated carbocycles. The second kappa shape index (κ2) is 10.8. The summed E-state index contributed by atoms with van der Waals surface area (Å²) in [7, 11) is 0. The lowest BCUT2D eigenvalue weighted by molar-refractivity contribution is 0.438. The van der Waals surface area contributed by atoms with Gasteiger partial charge >= 0.3 is 0 Å².